The van der Waals surface area contributed by atoms with Crippen LogP contribution in [-0.4, -0.2) is 37.2 Å². The third kappa shape index (κ3) is 53.5. The van der Waals surface area contributed by atoms with Crippen molar-refractivity contribution in [1.29, 1.82) is 0 Å². The van der Waals surface area contributed by atoms with Crippen LogP contribution in [0.3, 0.4) is 0 Å². The van der Waals surface area contributed by atoms with E-state index in [1.807, 2.05) is 0 Å². The van der Waals surface area contributed by atoms with Gasteiger partial charge in [0.05, 0.1) is 0 Å². The summed E-state index contributed by atoms with van der Waals surface area (Å²) in [7, 11) is 0. The van der Waals surface area contributed by atoms with E-state index in [1.54, 1.807) is 0 Å². The Kier molecular flexibility index (Phi) is 53.4. The van der Waals surface area contributed by atoms with Gasteiger partial charge < -0.3 is 14.2 Å². The van der Waals surface area contributed by atoms with Crippen LogP contribution in [0.1, 0.15) is 271 Å². The Morgan fingerprint density at radius 1 is 0.309 bits per heavy atom. The zero-order valence-corrected chi connectivity index (χ0v) is 44.6. The third-order valence-electron chi connectivity index (χ3n) is 12.2. The molecule has 0 N–H and O–H groups in total. The number of esters is 3. The van der Waals surface area contributed by atoms with Crippen molar-refractivity contribution in [3.8, 4) is 0 Å². The highest BCUT2D eigenvalue weighted by molar-refractivity contribution is 5.71. The number of hydrogen-bond donors (Lipinski definition) is 0. The largest absolute Gasteiger partial charge is 0.462 e. The van der Waals surface area contributed by atoms with Crippen molar-refractivity contribution >= 4 is 17.9 Å². The van der Waals surface area contributed by atoms with Crippen molar-refractivity contribution in [2.24, 2.45) is 0 Å². The normalized spacial score (nSPS) is 12.7. The average molecular weight is 948 g/mol. The molecule has 0 aliphatic heterocycles. The minimum atomic E-state index is -0.767. The molecular weight excluding hydrogens is 841 g/mol. The lowest BCUT2D eigenvalue weighted by Crippen LogP contribution is -2.30. The predicted octanol–water partition coefficient (Wildman–Crippen LogP) is 19.2. The van der Waals surface area contributed by atoms with Gasteiger partial charge in [-0.05, 0) is 77.0 Å². The van der Waals surface area contributed by atoms with Crippen molar-refractivity contribution in [2.75, 3.05) is 13.2 Å². The molecule has 390 valence electrons. The van der Waals surface area contributed by atoms with Gasteiger partial charge in [-0.3, -0.25) is 14.4 Å². The van der Waals surface area contributed by atoms with Crippen LogP contribution in [0, 0.1) is 0 Å². The van der Waals surface area contributed by atoms with Gasteiger partial charge in [0, 0.05) is 19.3 Å². The molecule has 68 heavy (non-hydrogen) atoms. The monoisotopic (exact) mass is 947 g/mol. The highest BCUT2D eigenvalue weighted by atomic mass is 16.6. The lowest BCUT2D eigenvalue weighted by Gasteiger charge is -2.18. The van der Waals surface area contributed by atoms with Crippen LogP contribution in [0.15, 0.2) is 85.1 Å². The molecule has 0 radical (unpaired) electrons. The van der Waals surface area contributed by atoms with Crippen LogP contribution in [0.5, 0.6) is 0 Å². The smallest absolute Gasteiger partial charge is 0.306 e. The first-order chi connectivity index (χ1) is 33.5. The van der Waals surface area contributed by atoms with Crippen molar-refractivity contribution < 1.29 is 28.6 Å². The summed E-state index contributed by atoms with van der Waals surface area (Å²) < 4.78 is 16.7. The van der Waals surface area contributed by atoms with E-state index >= 15 is 0 Å². The molecule has 0 amide bonds. The second-order valence-corrected chi connectivity index (χ2v) is 18.8. The van der Waals surface area contributed by atoms with Gasteiger partial charge in [-0.2, -0.15) is 0 Å². The van der Waals surface area contributed by atoms with Crippen molar-refractivity contribution in [1.82, 2.24) is 0 Å². The number of carbonyl (C=O) groups excluding carboxylic acids is 3. The summed E-state index contributed by atoms with van der Waals surface area (Å²) in [4.78, 5) is 37.6. The molecule has 0 spiro atoms. The zero-order valence-electron chi connectivity index (χ0n) is 44.6. The summed E-state index contributed by atoms with van der Waals surface area (Å²) in [6, 6.07) is 0. The summed E-state index contributed by atoms with van der Waals surface area (Å²) in [6.07, 6.45) is 73.5. The fourth-order valence-corrected chi connectivity index (χ4v) is 7.89. The molecule has 1 atom stereocenters. The maximum Gasteiger partial charge on any atom is 0.306 e. The minimum absolute atomic E-state index is 0.0728. The SMILES string of the molecule is CC/C=C\C/C=C\C/C=C\C/C=C\C/C=C\C/C=C\C/C=C\CCCCCCCCCCCCCCCC(=O)OCC(COC(=O)CCCCCCCC)OC(=O)CCCCCCCCCCC. The second-order valence-electron chi connectivity index (χ2n) is 18.8. The molecular formula is C62H106O6. The number of allylic oxidation sites excluding steroid dienone is 14. The van der Waals surface area contributed by atoms with Crippen molar-refractivity contribution in [2.45, 2.75) is 277 Å². The molecule has 0 aliphatic rings. The summed E-state index contributed by atoms with van der Waals surface area (Å²) in [5.74, 6) is -0.883. The number of unbranched alkanes of at least 4 members (excludes halogenated alkanes) is 26. The van der Waals surface area contributed by atoms with Gasteiger partial charge in [-0.25, -0.2) is 0 Å². The molecule has 1 unspecified atom stereocenters. The first-order valence-corrected chi connectivity index (χ1v) is 28.6. The Morgan fingerprint density at radius 2 is 0.574 bits per heavy atom. The fraction of sp³-hybridized carbons (Fsp3) is 0.726. The zero-order chi connectivity index (χ0) is 49.3. The van der Waals surface area contributed by atoms with E-state index in [0.717, 1.165) is 103 Å². The molecule has 0 aromatic carbocycles. The molecule has 0 fully saturated rings. The predicted molar refractivity (Wildman–Crippen MR) is 293 cm³/mol. The molecule has 0 aliphatic carbocycles. The van der Waals surface area contributed by atoms with Crippen LogP contribution in [-0.2, 0) is 28.6 Å². The highest BCUT2D eigenvalue weighted by Gasteiger charge is 2.19. The first kappa shape index (κ1) is 64.6. The molecule has 0 saturated heterocycles. The summed E-state index contributed by atoms with van der Waals surface area (Å²) in [6.45, 7) is 6.44. The van der Waals surface area contributed by atoms with Gasteiger partial charge in [0.25, 0.3) is 0 Å². The number of rotatable bonds is 51. The van der Waals surface area contributed by atoms with Crippen LogP contribution in [0.2, 0.25) is 0 Å². The lowest BCUT2D eigenvalue weighted by molar-refractivity contribution is -0.167. The summed E-state index contributed by atoms with van der Waals surface area (Å²) in [5.41, 5.74) is 0. The average Bonchev–Trinajstić information content (AvgIpc) is 3.34. The quantitative estimate of drug-likeness (QED) is 0.0262. The van der Waals surface area contributed by atoms with E-state index in [1.165, 1.54) is 128 Å². The fourth-order valence-electron chi connectivity index (χ4n) is 7.89. The minimum Gasteiger partial charge on any atom is -0.462 e. The molecule has 6 heteroatoms. The molecule has 0 saturated carbocycles. The number of hydrogen-bond acceptors (Lipinski definition) is 6. The lowest BCUT2D eigenvalue weighted by atomic mass is 10.0. The topological polar surface area (TPSA) is 78.9 Å². The van der Waals surface area contributed by atoms with E-state index in [4.69, 9.17) is 14.2 Å². The van der Waals surface area contributed by atoms with E-state index in [-0.39, 0.29) is 31.1 Å². The Hall–Kier alpha value is -3.41. The van der Waals surface area contributed by atoms with Crippen LogP contribution in [0.4, 0.5) is 0 Å². The van der Waals surface area contributed by atoms with E-state index < -0.39 is 6.10 Å². The number of carbonyl (C=O) groups is 3. The summed E-state index contributed by atoms with van der Waals surface area (Å²) >= 11 is 0. The molecule has 0 aromatic rings. The Bertz CT molecular complexity index is 1320. The second kappa shape index (κ2) is 56.2. The third-order valence-corrected chi connectivity index (χ3v) is 12.2. The molecule has 0 aromatic heterocycles. The van der Waals surface area contributed by atoms with Gasteiger partial charge >= 0.3 is 17.9 Å². The van der Waals surface area contributed by atoms with Gasteiger partial charge in [-0.1, -0.05) is 260 Å². The molecule has 0 heterocycles. The Balaban J connectivity index is 3.92. The first-order valence-electron chi connectivity index (χ1n) is 28.6. The van der Waals surface area contributed by atoms with Crippen LogP contribution < -0.4 is 0 Å². The van der Waals surface area contributed by atoms with E-state index in [9.17, 15) is 14.4 Å². The molecule has 0 rings (SSSR count). The maximum atomic E-state index is 12.7. The maximum absolute atomic E-state index is 12.7. The van der Waals surface area contributed by atoms with Gasteiger partial charge in [0.1, 0.15) is 13.2 Å². The van der Waals surface area contributed by atoms with E-state index in [0.29, 0.717) is 19.3 Å². The van der Waals surface area contributed by atoms with Gasteiger partial charge in [0.2, 0.25) is 0 Å². The molecule has 0 bridgehead atoms. The van der Waals surface area contributed by atoms with Gasteiger partial charge in [0.15, 0.2) is 6.10 Å². The highest BCUT2D eigenvalue weighted by Crippen LogP contribution is 2.16. The van der Waals surface area contributed by atoms with Gasteiger partial charge in [-0.15, -0.1) is 0 Å². The standard InChI is InChI=1S/C62H106O6/c1-4-7-10-13-16-18-19-20-21-22-23-24-25-26-27-28-29-30-31-32-33-34-35-36-37-38-39-40-41-42-43-45-46-49-52-55-61(64)67-58-59(57-66-60(63)54-51-48-15-12-9-6-3)68-62(65)56-53-50-47-44-17-14-11-8-5-2/h7,10,16,18,20-21,23-24,26-27,29-30,32-33,59H,4-6,8-9,11-15,17,19,22,25,28,31,34-58H2,1-3H3/b10-7-,18-16-,21-20-,24-23-,27-26-,30-29-,33-32-. The summed E-state index contributed by atoms with van der Waals surface area (Å²) in [5, 5.41) is 0. The van der Waals surface area contributed by atoms with E-state index in [2.05, 4.69) is 106 Å². The number of ether oxygens (including phenoxy) is 3. The Labute approximate surface area is 420 Å². The van der Waals surface area contributed by atoms with Crippen LogP contribution >= 0.6 is 0 Å². The van der Waals surface area contributed by atoms with Crippen LogP contribution in [0.25, 0.3) is 0 Å². The van der Waals surface area contributed by atoms with Crippen molar-refractivity contribution in [3.63, 3.8) is 0 Å². The Morgan fingerprint density at radius 3 is 0.897 bits per heavy atom. The molecule has 6 nitrogen and oxygen atoms in total. The van der Waals surface area contributed by atoms with Crippen molar-refractivity contribution in [3.05, 3.63) is 85.1 Å².